The van der Waals surface area contributed by atoms with Crippen LogP contribution in [0.2, 0.25) is 0 Å². The largest absolute Gasteiger partial charge is 0.378 e. The molecule has 0 spiro atoms. The summed E-state index contributed by atoms with van der Waals surface area (Å²) in [5.41, 5.74) is 0. The van der Waals surface area contributed by atoms with E-state index < -0.39 is 0 Å². The van der Waals surface area contributed by atoms with E-state index in [1.165, 1.54) is 11.8 Å². The molecule has 0 aromatic heterocycles. The van der Waals surface area contributed by atoms with Gasteiger partial charge in [-0.2, -0.15) is 0 Å². The van der Waals surface area contributed by atoms with E-state index in [1.54, 1.807) is 0 Å². The van der Waals surface area contributed by atoms with E-state index in [-0.39, 0.29) is 38.4 Å². The molecular weight excluding hydrogens is 323 g/mol. The second kappa shape index (κ2) is 11.8. The number of rotatable bonds is 11. The van der Waals surface area contributed by atoms with Gasteiger partial charge in [0.25, 0.3) is 0 Å². The fourth-order valence-corrected chi connectivity index (χ4v) is 3.45. The van der Waals surface area contributed by atoms with Crippen molar-refractivity contribution in [2.75, 3.05) is 25.6 Å². The minimum atomic E-state index is 0.0303. The lowest BCUT2D eigenvalue weighted by Gasteiger charge is -2.16. The third-order valence-electron chi connectivity index (χ3n) is 3.32. The van der Waals surface area contributed by atoms with Crippen molar-refractivity contribution in [3.8, 4) is 0 Å². The first-order chi connectivity index (χ1) is 10.5. The highest BCUT2D eigenvalue weighted by atomic mass is 32.2. The van der Waals surface area contributed by atoms with Crippen molar-refractivity contribution in [1.82, 2.24) is 0 Å². The molecule has 1 aliphatic rings. The van der Waals surface area contributed by atoms with Crippen LogP contribution in [0.15, 0.2) is 0 Å². The minimum Gasteiger partial charge on any atom is -0.378 e. The monoisotopic (exact) mass is 352 g/mol. The molecule has 5 nitrogen and oxygen atoms in total. The summed E-state index contributed by atoms with van der Waals surface area (Å²) >= 11 is 1.33. The highest BCUT2D eigenvalue weighted by Gasteiger charge is 2.32. The molecule has 1 saturated heterocycles. The van der Waals surface area contributed by atoms with Gasteiger partial charge in [-0.25, -0.2) is 0 Å². The van der Waals surface area contributed by atoms with Crippen molar-refractivity contribution in [3.63, 3.8) is 0 Å². The van der Waals surface area contributed by atoms with Crippen LogP contribution in [-0.4, -0.2) is 49.0 Å². The third kappa shape index (κ3) is 8.23. The summed E-state index contributed by atoms with van der Waals surface area (Å²) in [6.07, 6.45) is 2.52. The Hall–Kier alpha value is 0.290. The van der Waals surface area contributed by atoms with Crippen LogP contribution in [0.25, 0.3) is 0 Å². The molecule has 0 aromatic rings. The summed E-state index contributed by atoms with van der Waals surface area (Å²) in [6.45, 7) is 9.62. The SMILES string of the molecule is CCC1OC(C)CC1OPOCCOCCSC(=O)C(C)C. The van der Waals surface area contributed by atoms with Gasteiger partial charge < -0.3 is 18.5 Å². The average molecular weight is 352 g/mol. The van der Waals surface area contributed by atoms with Crippen LogP contribution in [0.1, 0.15) is 40.5 Å². The maximum Gasteiger partial charge on any atom is 0.191 e. The first-order valence-corrected chi connectivity index (χ1v) is 9.77. The van der Waals surface area contributed by atoms with Crippen molar-refractivity contribution in [2.24, 2.45) is 5.92 Å². The van der Waals surface area contributed by atoms with Crippen molar-refractivity contribution in [1.29, 1.82) is 0 Å². The number of thioether (sulfide) groups is 1. The molecule has 0 N–H and O–H groups in total. The average Bonchev–Trinajstić information content (AvgIpc) is 2.85. The Bertz CT molecular complexity index is 316. The van der Waals surface area contributed by atoms with Gasteiger partial charge in [0, 0.05) is 18.1 Å². The molecule has 130 valence electrons. The fraction of sp³-hybridized carbons (Fsp3) is 0.933. The molecule has 0 amide bonds. The van der Waals surface area contributed by atoms with Gasteiger partial charge in [-0.15, -0.1) is 0 Å². The first kappa shape index (κ1) is 20.3. The van der Waals surface area contributed by atoms with Crippen LogP contribution in [0.5, 0.6) is 0 Å². The quantitative estimate of drug-likeness (QED) is 0.419. The van der Waals surface area contributed by atoms with E-state index >= 15 is 0 Å². The van der Waals surface area contributed by atoms with Crippen LogP contribution in [0, 0.1) is 5.92 Å². The van der Waals surface area contributed by atoms with E-state index in [0.29, 0.717) is 25.6 Å². The standard InChI is InChI=1S/C15H29O5PS/c1-5-13-14(10-12(4)19-13)20-21-18-7-6-17-8-9-22-15(16)11(2)3/h11-14,21H,5-10H2,1-4H3. The summed E-state index contributed by atoms with van der Waals surface area (Å²) in [4.78, 5) is 11.4. The zero-order valence-electron chi connectivity index (χ0n) is 14.0. The lowest BCUT2D eigenvalue weighted by Crippen LogP contribution is -2.21. The Morgan fingerprint density at radius 3 is 2.82 bits per heavy atom. The highest BCUT2D eigenvalue weighted by Crippen LogP contribution is 2.30. The molecule has 1 heterocycles. The second-order valence-corrected chi connectivity index (χ2v) is 7.44. The lowest BCUT2D eigenvalue weighted by atomic mass is 10.1. The summed E-state index contributed by atoms with van der Waals surface area (Å²) < 4.78 is 22.4. The molecule has 0 radical (unpaired) electrons. The van der Waals surface area contributed by atoms with Gasteiger partial charge in [0.05, 0.1) is 38.1 Å². The number of carbonyl (C=O) groups is 1. The van der Waals surface area contributed by atoms with Gasteiger partial charge in [-0.05, 0) is 13.3 Å². The maximum atomic E-state index is 11.4. The van der Waals surface area contributed by atoms with E-state index in [2.05, 4.69) is 13.8 Å². The molecule has 0 saturated carbocycles. The van der Waals surface area contributed by atoms with E-state index in [4.69, 9.17) is 18.5 Å². The Morgan fingerprint density at radius 2 is 2.14 bits per heavy atom. The molecule has 4 atom stereocenters. The molecule has 1 aliphatic heterocycles. The van der Waals surface area contributed by atoms with E-state index in [1.807, 2.05) is 13.8 Å². The Balaban J connectivity index is 1.91. The lowest BCUT2D eigenvalue weighted by molar-refractivity contribution is -0.113. The first-order valence-electron chi connectivity index (χ1n) is 7.96. The zero-order valence-corrected chi connectivity index (χ0v) is 15.8. The second-order valence-electron chi connectivity index (χ2n) is 5.65. The minimum absolute atomic E-state index is 0.0303. The van der Waals surface area contributed by atoms with Crippen molar-refractivity contribution in [2.45, 2.75) is 58.8 Å². The van der Waals surface area contributed by atoms with Crippen LogP contribution < -0.4 is 0 Å². The Labute approximate surface area is 140 Å². The number of ether oxygens (including phenoxy) is 2. The molecule has 1 fully saturated rings. The molecule has 0 aromatic carbocycles. The smallest absolute Gasteiger partial charge is 0.191 e. The van der Waals surface area contributed by atoms with Gasteiger partial charge in [0.15, 0.2) is 14.1 Å². The third-order valence-corrected chi connectivity index (χ3v) is 5.17. The number of hydrogen-bond acceptors (Lipinski definition) is 6. The molecular formula is C15H29O5PS. The summed E-state index contributed by atoms with van der Waals surface area (Å²) in [5.74, 6) is 0.784. The van der Waals surface area contributed by atoms with Crippen LogP contribution in [-0.2, 0) is 23.3 Å². The molecule has 0 bridgehead atoms. The van der Waals surface area contributed by atoms with Crippen molar-refractivity contribution >= 4 is 25.9 Å². The van der Waals surface area contributed by atoms with Crippen molar-refractivity contribution in [3.05, 3.63) is 0 Å². The number of carbonyl (C=O) groups excluding carboxylic acids is 1. The van der Waals surface area contributed by atoms with Gasteiger partial charge >= 0.3 is 0 Å². The van der Waals surface area contributed by atoms with Crippen molar-refractivity contribution < 1.29 is 23.3 Å². The summed E-state index contributed by atoms with van der Waals surface area (Å²) in [6, 6.07) is 0. The Morgan fingerprint density at radius 1 is 1.36 bits per heavy atom. The normalized spacial score (nSPS) is 25.6. The topological polar surface area (TPSA) is 54.0 Å². The van der Waals surface area contributed by atoms with Gasteiger partial charge in [0.2, 0.25) is 0 Å². The predicted molar refractivity (Wildman–Crippen MR) is 91.5 cm³/mol. The molecule has 22 heavy (non-hydrogen) atoms. The van der Waals surface area contributed by atoms with Gasteiger partial charge in [0.1, 0.15) is 0 Å². The van der Waals surface area contributed by atoms with Gasteiger partial charge in [-0.1, -0.05) is 32.5 Å². The summed E-state index contributed by atoms with van der Waals surface area (Å²) in [7, 11) is 0.0303. The van der Waals surface area contributed by atoms with Crippen LogP contribution in [0.4, 0.5) is 0 Å². The maximum absolute atomic E-state index is 11.4. The molecule has 4 unspecified atom stereocenters. The van der Waals surface area contributed by atoms with Crippen LogP contribution in [0.3, 0.4) is 0 Å². The summed E-state index contributed by atoms with van der Waals surface area (Å²) in [5, 5.41) is 0.216. The van der Waals surface area contributed by atoms with E-state index in [9.17, 15) is 4.79 Å². The molecule has 1 rings (SSSR count). The van der Waals surface area contributed by atoms with E-state index in [0.717, 1.165) is 12.8 Å². The predicted octanol–water partition coefficient (Wildman–Crippen LogP) is 3.42. The highest BCUT2D eigenvalue weighted by molar-refractivity contribution is 8.13. The zero-order chi connectivity index (χ0) is 16.4. The Kier molecular flexibility index (Phi) is 10.9. The van der Waals surface area contributed by atoms with Crippen LogP contribution >= 0.6 is 20.8 Å². The fourth-order valence-electron chi connectivity index (χ4n) is 2.11. The van der Waals surface area contributed by atoms with Gasteiger partial charge in [-0.3, -0.25) is 4.79 Å². The molecule has 0 aliphatic carbocycles. The molecule has 7 heteroatoms. The number of hydrogen-bond donors (Lipinski definition) is 0.